The van der Waals surface area contributed by atoms with Crippen LogP contribution in [-0.4, -0.2) is 29.7 Å². The lowest BCUT2D eigenvalue weighted by molar-refractivity contribution is -0.215. The number of aliphatic hydroxyl groups is 1. The summed E-state index contributed by atoms with van der Waals surface area (Å²) in [6, 6.07) is 10.7. The second kappa shape index (κ2) is 5.08. The first-order chi connectivity index (χ1) is 10.2. The van der Waals surface area contributed by atoms with Gasteiger partial charge in [0.1, 0.15) is 0 Å². The highest BCUT2D eigenvalue weighted by atomic mass is 16.7. The molecule has 1 heterocycles. The summed E-state index contributed by atoms with van der Waals surface area (Å²) >= 11 is 0. The van der Waals surface area contributed by atoms with E-state index in [-0.39, 0.29) is 5.79 Å². The highest BCUT2D eigenvalue weighted by Crippen LogP contribution is 2.53. The minimum atomic E-state index is -0.494. The van der Waals surface area contributed by atoms with Crippen molar-refractivity contribution in [2.45, 2.75) is 55.8 Å². The number of ether oxygens (including phenoxy) is 2. The molecule has 1 N–H and O–H groups in total. The summed E-state index contributed by atoms with van der Waals surface area (Å²) in [7, 11) is 0. The summed E-state index contributed by atoms with van der Waals surface area (Å²) in [6.07, 6.45) is 5.56. The molecule has 1 saturated heterocycles. The van der Waals surface area contributed by atoms with E-state index >= 15 is 0 Å². The zero-order valence-corrected chi connectivity index (χ0v) is 12.5. The molecule has 2 saturated carbocycles. The average molecular weight is 288 g/mol. The van der Waals surface area contributed by atoms with E-state index in [1.807, 2.05) is 0 Å². The Balaban J connectivity index is 1.36. The molecule has 4 rings (SSSR count). The summed E-state index contributed by atoms with van der Waals surface area (Å²) in [5.74, 6) is 0.714. The molecule has 0 unspecified atom stereocenters. The Labute approximate surface area is 126 Å². The molecule has 0 radical (unpaired) electrons. The lowest BCUT2D eigenvalue weighted by atomic mass is 9.60. The van der Waals surface area contributed by atoms with Crippen LogP contribution in [-0.2, 0) is 9.47 Å². The van der Waals surface area contributed by atoms with Gasteiger partial charge in [0.05, 0.1) is 18.8 Å². The smallest absolute Gasteiger partial charge is 0.168 e. The van der Waals surface area contributed by atoms with Crippen molar-refractivity contribution in [2.24, 2.45) is 5.92 Å². The maximum atomic E-state index is 11.0. The predicted molar refractivity (Wildman–Crippen MR) is 80.0 cm³/mol. The molecule has 1 aromatic carbocycles. The van der Waals surface area contributed by atoms with Crippen molar-refractivity contribution in [1.29, 1.82) is 0 Å². The predicted octanol–water partition coefficient (Wildman–Crippen LogP) is 3.23. The summed E-state index contributed by atoms with van der Waals surface area (Å²) in [5, 5.41) is 11.0. The van der Waals surface area contributed by atoms with E-state index in [4.69, 9.17) is 9.47 Å². The first-order valence-electron chi connectivity index (χ1n) is 8.24. The van der Waals surface area contributed by atoms with Crippen molar-refractivity contribution in [3.63, 3.8) is 0 Å². The van der Waals surface area contributed by atoms with Crippen LogP contribution in [0.2, 0.25) is 0 Å². The van der Waals surface area contributed by atoms with Crippen molar-refractivity contribution in [2.75, 3.05) is 13.2 Å². The van der Waals surface area contributed by atoms with Gasteiger partial charge in [-0.05, 0) is 43.1 Å². The van der Waals surface area contributed by atoms with E-state index in [0.29, 0.717) is 25.0 Å². The molecular weight excluding hydrogens is 264 g/mol. The molecule has 3 nitrogen and oxygen atoms in total. The Morgan fingerprint density at radius 2 is 1.52 bits per heavy atom. The lowest BCUT2D eigenvalue weighted by Crippen LogP contribution is -2.51. The summed E-state index contributed by atoms with van der Waals surface area (Å²) in [6.45, 7) is 1.41. The third-order valence-corrected chi connectivity index (χ3v) is 5.86. The lowest BCUT2D eigenvalue weighted by Gasteiger charge is -2.50. The molecule has 1 aliphatic heterocycles. The molecule has 1 spiro atoms. The summed E-state index contributed by atoms with van der Waals surface area (Å²) in [4.78, 5) is 0. The van der Waals surface area contributed by atoms with Crippen LogP contribution in [0.1, 0.15) is 50.0 Å². The Morgan fingerprint density at radius 3 is 2.14 bits per heavy atom. The Hall–Kier alpha value is -0.900. The van der Waals surface area contributed by atoms with Crippen LogP contribution in [0.15, 0.2) is 30.3 Å². The molecule has 21 heavy (non-hydrogen) atoms. The quantitative estimate of drug-likeness (QED) is 0.908. The molecule has 1 aromatic rings. The standard InChI is InChI=1S/C18H24O3/c19-17(6-8-18(9-7-17)20-10-11-21-18)16-12-15(13-16)14-4-2-1-3-5-14/h1-5,15-16,19H,6-13H2. The molecule has 114 valence electrons. The van der Waals surface area contributed by atoms with Crippen molar-refractivity contribution in [1.82, 2.24) is 0 Å². The van der Waals surface area contributed by atoms with Crippen LogP contribution in [0.4, 0.5) is 0 Å². The van der Waals surface area contributed by atoms with Gasteiger partial charge in [0, 0.05) is 12.8 Å². The third kappa shape index (κ3) is 2.41. The second-order valence-corrected chi connectivity index (χ2v) is 6.99. The van der Waals surface area contributed by atoms with Crippen LogP contribution in [0.3, 0.4) is 0 Å². The molecule has 3 aliphatic rings. The highest BCUT2D eigenvalue weighted by Gasteiger charge is 2.51. The van der Waals surface area contributed by atoms with Gasteiger partial charge in [0.25, 0.3) is 0 Å². The SMILES string of the molecule is OC1(C2CC(c3ccccc3)C2)CCC2(CC1)OCCO2. The van der Waals surface area contributed by atoms with E-state index in [0.717, 1.165) is 38.5 Å². The van der Waals surface area contributed by atoms with E-state index in [1.54, 1.807) is 0 Å². The average Bonchev–Trinajstić information content (AvgIpc) is 2.91. The van der Waals surface area contributed by atoms with Gasteiger partial charge in [-0.1, -0.05) is 30.3 Å². The van der Waals surface area contributed by atoms with Gasteiger partial charge in [-0.25, -0.2) is 0 Å². The number of hydrogen-bond donors (Lipinski definition) is 1. The first-order valence-corrected chi connectivity index (χ1v) is 8.24. The zero-order valence-electron chi connectivity index (χ0n) is 12.5. The number of rotatable bonds is 2. The normalized spacial score (nSPS) is 33.8. The third-order valence-electron chi connectivity index (χ3n) is 5.86. The summed E-state index contributed by atoms with van der Waals surface area (Å²) < 4.78 is 11.5. The minimum Gasteiger partial charge on any atom is -0.390 e. The van der Waals surface area contributed by atoms with Gasteiger partial charge < -0.3 is 14.6 Å². The molecule has 2 aliphatic carbocycles. The maximum absolute atomic E-state index is 11.0. The van der Waals surface area contributed by atoms with E-state index < -0.39 is 5.60 Å². The number of benzene rings is 1. The van der Waals surface area contributed by atoms with Crippen molar-refractivity contribution in [3.05, 3.63) is 35.9 Å². The molecule has 0 aromatic heterocycles. The Morgan fingerprint density at radius 1 is 0.905 bits per heavy atom. The molecule has 0 amide bonds. The van der Waals surface area contributed by atoms with Crippen LogP contribution < -0.4 is 0 Å². The van der Waals surface area contributed by atoms with E-state index in [9.17, 15) is 5.11 Å². The van der Waals surface area contributed by atoms with Gasteiger partial charge in [0.15, 0.2) is 5.79 Å². The highest BCUT2D eigenvalue weighted by molar-refractivity contribution is 5.23. The minimum absolute atomic E-state index is 0.366. The van der Waals surface area contributed by atoms with E-state index in [1.165, 1.54) is 5.56 Å². The second-order valence-electron chi connectivity index (χ2n) is 6.99. The Kier molecular flexibility index (Phi) is 3.32. The summed E-state index contributed by atoms with van der Waals surface area (Å²) in [5.41, 5.74) is 0.929. The maximum Gasteiger partial charge on any atom is 0.168 e. The van der Waals surface area contributed by atoms with Gasteiger partial charge >= 0.3 is 0 Å². The molecule has 3 fully saturated rings. The van der Waals surface area contributed by atoms with Gasteiger partial charge in [-0.15, -0.1) is 0 Å². The van der Waals surface area contributed by atoms with Crippen molar-refractivity contribution in [3.8, 4) is 0 Å². The van der Waals surface area contributed by atoms with Crippen LogP contribution >= 0.6 is 0 Å². The van der Waals surface area contributed by atoms with Crippen LogP contribution in [0.25, 0.3) is 0 Å². The fourth-order valence-electron chi connectivity index (χ4n) is 4.31. The van der Waals surface area contributed by atoms with Gasteiger partial charge in [0.2, 0.25) is 0 Å². The molecule has 0 atom stereocenters. The van der Waals surface area contributed by atoms with Gasteiger partial charge in [-0.2, -0.15) is 0 Å². The molecular formula is C18H24O3. The first kappa shape index (κ1) is 13.7. The monoisotopic (exact) mass is 288 g/mol. The topological polar surface area (TPSA) is 38.7 Å². The Bertz CT molecular complexity index is 476. The van der Waals surface area contributed by atoms with Crippen LogP contribution in [0, 0.1) is 5.92 Å². The number of hydrogen-bond acceptors (Lipinski definition) is 3. The van der Waals surface area contributed by atoms with Crippen molar-refractivity contribution >= 4 is 0 Å². The largest absolute Gasteiger partial charge is 0.390 e. The zero-order chi connectivity index (χ0) is 14.3. The van der Waals surface area contributed by atoms with E-state index in [2.05, 4.69) is 30.3 Å². The van der Waals surface area contributed by atoms with Crippen LogP contribution in [0.5, 0.6) is 0 Å². The van der Waals surface area contributed by atoms with Crippen molar-refractivity contribution < 1.29 is 14.6 Å². The fraction of sp³-hybridized carbons (Fsp3) is 0.667. The molecule has 0 bridgehead atoms. The fourth-order valence-corrected chi connectivity index (χ4v) is 4.31. The van der Waals surface area contributed by atoms with Gasteiger partial charge in [-0.3, -0.25) is 0 Å². The molecule has 3 heteroatoms.